The second-order valence-corrected chi connectivity index (χ2v) is 8.14. The summed E-state index contributed by atoms with van der Waals surface area (Å²) in [7, 11) is 1.71. The number of carbonyl (C=O) groups is 2. The molecule has 0 aromatic carbocycles. The van der Waals surface area contributed by atoms with Crippen LogP contribution in [0.4, 0.5) is 4.79 Å². The zero-order chi connectivity index (χ0) is 22.5. The molecule has 0 aliphatic heterocycles. The third-order valence-corrected chi connectivity index (χ3v) is 5.42. The number of hydrogen-bond donors (Lipinski definition) is 2. The van der Waals surface area contributed by atoms with Gasteiger partial charge in [-0.25, -0.2) is 4.79 Å². The molecule has 2 amide bonds. The van der Waals surface area contributed by atoms with Gasteiger partial charge in [-0.2, -0.15) is 0 Å². The maximum Gasteiger partial charge on any atom is 1.00 e. The average molecular weight is 467 g/mol. The average Bonchev–Trinajstić information content (AvgIpc) is 2.73. The molecule has 178 valence electrons. The van der Waals surface area contributed by atoms with Gasteiger partial charge in [-0.15, -0.1) is 0 Å². The topological polar surface area (TPSA) is 81.1 Å². The van der Waals surface area contributed by atoms with Crippen LogP contribution in [0, 0.1) is 0 Å². The van der Waals surface area contributed by atoms with Crippen molar-refractivity contribution in [2.24, 2.45) is 0 Å². The number of rotatable bonds is 20. The number of aliphatic hydroxyl groups is 1. The summed E-state index contributed by atoms with van der Waals surface area (Å²) in [6.45, 7) is 2.70. The number of nitrogens with zero attached hydrogens (tertiary/aromatic N) is 2. The van der Waals surface area contributed by atoms with E-state index in [1.807, 2.05) is 0 Å². The van der Waals surface area contributed by atoms with Gasteiger partial charge in [-0.05, 0) is 32.1 Å². The van der Waals surface area contributed by atoms with Crippen LogP contribution in [-0.2, 0) is 4.79 Å². The number of carboxylic acid groups (broad SMARTS) is 1. The summed E-state index contributed by atoms with van der Waals surface area (Å²) in [5.41, 5.74) is 0. The van der Waals surface area contributed by atoms with E-state index in [2.05, 4.69) is 19.1 Å². The van der Waals surface area contributed by atoms with E-state index in [0.29, 0.717) is 13.0 Å². The minimum absolute atomic E-state index is 0. The van der Waals surface area contributed by atoms with Gasteiger partial charge < -0.3 is 21.4 Å². The molecule has 31 heavy (non-hydrogen) atoms. The molecule has 0 fully saturated rings. The van der Waals surface area contributed by atoms with Gasteiger partial charge in [0.05, 0.1) is 6.61 Å². The Balaban J connectivity index is -0.00000420. The van der Waals surface area contributed by atoms with Crippen LogP contribution in [0.2, 0.25) is 0 Å². The molecule has 0 aromatic rings. The minimum Gasteiger partial charge on any atom is -1.00 e. The maximum absolute atomic E-state index is 12.1. The molecule has 0 saturated carbocycles. The Morgan fingerprint density at radius 1 is 0.806 bits per heavy atom. The molecule has 0 unspecified atom stereocenters. The smallest absolute Gasteiger partial charge is 1.00 e. The molecule has 0 spiro atoms. The third kappa shape index (κ3) is 21.7. The molecule has 7 heteroatoms. The molecule has 0 saturated heterocycles. The van der Waals surface area contributed by atoms with E-state index < -0.39 is 6.09 Å². The first-order valence-corrected chi connectivity index (χ1v) is 12.0. The van der Waals surface area contributed by atoms with Crippen molar-refractivity contribution in [3.63, 3.8) is 0 Å². The van der Waals surface area contributed by atoms with Crippen molar-refractivity contribution in [2.75, 3.05) is 33.3 Å². The summed E-state index contributed by atoms with van der Waals surface area (Å²) in [6.07, 6.45) is 20.1. The van der Waals surface area contributed by atoms with Gasteiger partial charge in [0, 0.05) is 33.1 Å². The Kier molecular flexibility index (Phi) is 26.5. The second kappa shape index (κ2) is 24.7. The predicted molar refractivity (Wildman–Crippen MR) is 125 cm³/mol. The molecule has 0 atom stereocenters. The van der Waals surface area contributed by atoms with Crippen molar-refractivity contribution >= 4 is 12.0 Å². The summed E-state index contributed by atoms with van der Waals surface area (Å²) in [5.74, 6) is 0.0574. The Hall–Kier alpha value is 0.0764. The van der Waals surface area contributed by atoms with Gasteiger partial charge in [0.1, 0.15) is 0 Å². The first-order chi connectivity index (χ1) is 14.5. The molecule has 0 heterocycles. The van der Waals surface area contributed by atoms with Gasteiger partial charge in [0.2, 0.25) is 5.91 Å². The summed E-state index contributed by atoms with van der Waals surface area (Å²) in [6, 6.07) is 0. The molecule has 0 radical (unpaired) electrons. The fraction of sp³-hybridized carbons (Fsp3) is 0.833. The van der Waals surface area contributed by atoms with E-state index >= 15 is 0 Å². The molecular weight excluding hydrogens is 419 g/mol. The quantitative estimate of drug-likeness (QED) is 0.164. The van der Waals surface area contributed by atoms with Crippen molar-refractivity contribution in [3.05, 3.63) is 12.2 Å². The van der Waals surface area contributed by atoms with Crippen molar-refractivity contribution in [1.29, 1.82) is 0 Å². The third-order valence-electron chi connectivity index (χ3n) is 5.42. The van der Waals surface area contributed by atoms with Gasteiger partial charge in [-0.3, -0.25) is 4.79 Å². The molecule has 6 nitrogen and oxygen atoms in total. The van der Waals surface area contributed by atoms with Crippen LogP contribution in [-0.4, -0.2) is 65.3 Å². The molecule has 2 N–H and O–H groups in total. The van der Waals surface area contributed by atoms with Gasteiger partial charge in [0.15, 0.2) is 0 Å². The minimum atomic E-state index is -1.07. The number of unbranched alkanes of at least 4 members (excludes halogenated alkanes) is 11. The summed E-state index contributed by atoms with van der Waals surface area (Å²) < 4.78 is 0. The van der Waals surface area contributed by atoms with E-state index in [1.54, 1.807) is 11.9 Å². The first kappa shape index (κ1) is 33.3. The van der Waals surface area contributed by atoms with Crippen LogP contribution in [0.5, 0.6) is 0 Å². The number of carbonyl (C=O) groups excluding carboxylic acids is 1. The van der Waals surface area contributed by atoms with Gasteiger partial charge >= 0.3 is 57.5 Å². The van der Waals surface area contributed by atoms with Gasteiger partial charge in [0.25, 0.3) is 0 Å². The maximum atomic E-state index is 12.1. The van der Waals surface area contributed by atoms with E-state index in [1.165, 1.54) is 57.8 Å². The first-order valence-electron chi connectivity index (χ1n) is 12.0. The van der Waals surface area contributed by atoms with Crippen LogP contribution >= 0.6 is 0 Å². The fourth-order valence-corrected chi connectivity index (χ4v) is 3.36. The SMILES string of the molecule is CCCCCCCC/C=C\CCCCCCCC(=O)N(C)CCN(CCO)C(=O)O.[H-].[K+]. The van der Waals surface area contributed by atoms with E-state index in [4.69, 9.17) is 10.2 Å². The predicted octanol–water partition coefficient (Wildman–Crippen LogP) is 2.57. The molecule has 0 aromatic heterocycles. The monoisotopic (exact) mass is 466 g/mol. The number of amides is 2. The molecule has 0 bridgehead atoms. The van der Waals surface area contributed by atoms with Crippen molar-refractivity contribution in [1.82, 2.24) is 9.80 Å². The number of likely N-dealkylation sites (N-methyl/N-ethyl adjacent to an activating group) is 1. The molecule has 0 rings (SSSR count). The van der Waals surface area contributed by atoms with Gasteiger partial charge in [-0.1, -0.05) is 70.4 Å². The fourth-order valence-electron chi connectivity index (χ4n) is 3.36. The Labute approximate surface area is 234 Å². The number of allylic oxidation sites excluding steroid dienone is 2. The molecule has 0 aliphatic carbocycles. The van der Waals surface area contributed by atoms with Crippen LogP contribution in [0.3, 0.4) is 0 Å². The largest absolute Gasteiger partial charge is 1.00 e. The Bertz CT molecular complexity index is 467. The number of aliphatic hydroxyl groups excluding tert-OH is 1. The number of hydrogen-bond acceptors (Lipinski definition) is 3. The van der Waals surface area contributed by atoms with Crippen LogP contribution < -0.4 is 51.4 Å². The Morgan fingerprint density at radius 3 is 1.84 bits per heavy atom. The Morgan fingerprint density at radius 2 is 1.32 bits per heavy atom. The van der Waals surface area contributed by atoms with Crippen molar-refractivity contribution in [3.8, 4) is 0 Å². The van der Waals surface area contributed by atoms with E-state index in [9.17, 15) is 9.59 Å². The molecular formula is C24H47KN2O4. The van der Waals surface area contributed by atoms with Crippen LogP contribution in [0.25, 0.3) is 0 Å². The zero-order valence-corrected chi connectivity index (χ0v) is 23.6. The molecule has 0 aliphatic rings. The summed E-state index contributed by atoms with van der Waals surface area (Å²) >= 11 is 0. The zero-order valence-electron chi connectivity index (χ0n) is 21.5. The van der Waals surface area contributed by atoms with Crippen LogP contribution in [0.1, 0.15) is 98.2 Å². The van der Waals surface area contributed by atoms with Crippen LogP contribution in [0.15, 0.2) is 12.2 Å². The van der Waals surface area contributed by atoms with Crippen molar-refractivity contribution in [2.45, 2.75) is 96.8 Å². The van der Waals surface area contributed by atoms with E-state index in [-0.39, 0.29) is 78.4 Å². The standard InChI is InChI=1S/C24H46N2O4.K.H/c1-3-4-5-6-7-8-9-10-11-12-13-14-15-16-17-18-23(28)25(2)19-20-26(21-22-27)24(29)30;;/h10-11,27H,3-9,12-22H2,1-2H3,(H,29,30);;/q;+1;-1/b11-10-;;. The normalized spacial score (nSPS) is 10.8. The van der Waals surface area contributed by atoms with Crippen molar-refractivity contribution < 1.29 is 72.6 Å². The summed E-state index contributed by atoms with van der Waals surface area (Å²) in [4.78, 5) is 25.8. The summed E-state index contributed by atoms with van der Waals surface area (Å²) in [5, 5.41) is 17.9. The van der Waals surface area contributed by atoms with E-state index in [0.717, 1.165) is 30.6 Å². The second-order valence-electron chi connectivity index (χ2n) is 8.14.